The summed E-state index contributed by atoms with van der Waals surface area (Å²) in [7, 11) is 0. The summed E-state index contributed by atoms with van der Waals surface area (Å²) in [5.74, 6) is -0.169. The molecule has 0 radical (unpaired) electrons. The van der Waals surface area contributed by atoms with Crippen LogP contribution in [0.15, 0.2) is 18.3 Å². The number of rotatable bonds is 5. The molecule has 0 aromatic carbocycles. The minimum Gasteiger partial charge on any atom is -0.460 e. The molecule has 1 aromatic rings. The minimum absolute atomic E-state index is 0.169. The zero-order valence-corrected chi connectivity index (χ0v) is 11.6. The lowest BCUT2D eigenvalue weighted by Gasteiger charge is -2.19. The quantitative estimate of drug-likeness (QED) is 0.643. The van der Waals surface area contributed by atoms with Crippen LogP contribution < -0.4 is 5.32 Å². The van der Waals surface area contributed by atoms with Crippen LogP contribution in [0.4, 0.5) is 0 Å². The molecule has 100 valence electrons. The fourth-order valence-electron chi connectivity index (χ4n) is 1.42. The van der Waals surface area contributed by atoms with Crippen LogP contribution in [0.2, 0.25) is 0 Å². The zero-order valence-electron chi connectivity index (χ0n) is 11.6. The summed E-state index contributed by atoms with van der Waals surface area (Å²) in [6, 6.07) is 4.01. The number of pyridine rings is 1. The highest BCUT2D eigenvalue weighted by atomic mass is 16.6. The maximum absolute atomic E-state index is 11.4. The molecule has 0 atom stereocenters. The Balaban J connectivity index is 2.19. The molecule has 0 saturated carbocycles. The van der Waals surface area contributed by atoms with Crippen LogP contribution >= 0.6 is 0 Å². The molecule has 1 aromatic heterocycles. The van der Waals surface area contributed by atoms with Gasteiger partial charge in [0, 0.05) is 25.0 Å². The predicted octanol–water partition coefficient (Wildman–Crippen LogP) is 2.21. The normalized spacial score (nSPS) is 11.3. The van der Waals surface area contributed by atoms with E-state index in [1.54, 1.807) is 0 Å². The Bertz CT molecular complexity index is 380. The van der Waals surface area contributed by atoms with Crippen molar-refractivity contribution in [3.05, 3.63) is 29.6 Å². The summed E-state index contributed by atoms with van der Waals surface area (Å²) in [6.07, 6.45) is 2.23. The summed E-state index contributed by atoms with van der Waals surface area (Å²) in [6.45, 7) is 8.90. The van der Waals surface area contributed by atoms with E-state index in [-0.39, 0.29) is 5.97 Å². The van der Waals surface area contributed by atoms with Gasteiger partial charge < -0.3 is 10.1 Å². The van der Waals surface area contributed by atoms with E-state index in [4.69, 9.17) is 4.74 Å². The number of esters is 1. The van der Waals surface area contributed by atoms with Crippen molar-refractivity contribution in [2.24, 2.45) is 0 Å². The van der Waals surface area contributed by atoms with Crippen molar-refractivity contribution in [3.8, 4) is 0 Å². The van der Waals surface area contributed by atoms with E-state index in [0.717, 1.165) is 17.8 Å². The van der Waals surface area contributed by atoms with Crippen LogP contribution in [-0.4, -0.2) is 23.1 Å². The molecule has 0 aliphatic heterocycles. The summed E-state index contributed by atoms with van der Waals surface area (Å²) in [5, 5.41) is 3.20. The number of nitrogens with zero attached hydrogens (tertiary/aromatic N) is 1. The van der Waals surface area contributed by atoms with Crippen molar-refractivity contribution in [3.63, 3.8) is 0 Å². The van der Waals surface area contributed by atoms with E-state index < -0.39 is 5.60 Å². The van der Waals surface area contributed by atoms with Crippen molar-refractivity contribution in [1.82, 2.24) is 10.3 Å². The number of hydrogen-bond donors (Lipinski definition) is 1. The van der Waals surface area contributed by atoms with E-state index in [9.17, 15) is 4.79 Å². The van der Waals surface area contributed by atoms with Gasteiger partial charge in [-0.2, -0.15) is 0 Å². The second kappa shape index (κ2) is 6.50. The molecule has 0 aliphatic carbocycles. The van der Waals surface area contributed by atoms with Gasteiger partial charge >= 0.3 is 5.97 Å². The smallest absolute Gasteiger partial charge is 0.307 e. The highest BCUT2D eigenvalue weighted by Gasteiger charge is 2.15. The van der Waals surface area contributed by atoms with Crippen molar-refractivity contribution in [2.45, 2.75) is 46.3 Å². The van der Waals surface area contributed by atoms with E-state index in [1.165, 1.54) is 0 Å². The lowest BCUT2D eigenvalue weighted by molar-refractivity contribution is -0.154. The van der Waals surface area contributed by atoms with Crippen molar-refractivity contribution in [2.75, 3.05) is 6.54 Å². The van der Waals surface area contributed by atoms with Gasteiger partial charge in [0.2, 0.25) is 0 Å². The molecule has 0 spiro atoms. The Labute approximate surface area is 109 Å². The first-order valence-corrected chi connectivity index (χ1v) is 6.21. The van der Waals surface area contributed by atoms with E-state index in [0.29, 0.717) is 13.0 Å². The van der Waals surface area contributed by atoms with Crippen LogP contribution in [0.3, 0.4) is 0 Å². The standard InChI is InChI=1S/C14H22N2O2/c1-11-5-6-12(10-16-11)9-15-8-7-13(17)18-14(2,3)4/h5-6,10,15H,7-9H2,1-4H3. The van der Waals surface area contributed by atoms with E-state index in [2.05, 4.69) is 10.3 Å². The van der Waals surface area contributed by atoms with Gasteiger partial charge in [0.25, 0.3) is 0 Å². The molecule has 1 heterocycles. The second-order valence-electron chi connectivity index (χ2n) is 5.32. The molecule has 18 heavy (non-hydrogen) atoms. The number of carbonyl (C=O) groups is 1. The topological polar surface area (TPSA) is 51.2 Å². The van der Waals surface area contributed by atoms with Crippen molar-refractivity contribution < 1.29 is 9.53 Å². The third kappa shape index (κ3) is 6.35. The van der Waals surface area contributed by atoms with Crippen LogP contribution in [0, 0.1) is 6.92 Å². The van der Waals surface area contributed by atoms with Crippen LogP contribution in [0.1, 0.15) is 38.4 Å². The molecule has 4 nitrogen and oxygen atoms in total. The van der Waals surface area contributed by atoms with Gasteiger partial charge in [0.05, 0.1) is 6.42 Å². The SMILES string of the molecule is Cc1ccc(CNCCC(=O)OC(C)(C)C)cn1. The van der Waals surface area contributed by atoms with E-state index >= 15 is 0 Å². The largest absolute Gasteiger partial charge is 0.460 e. The van der Waals surface area contributed by atoms with Crippen molar-refractivity contribution in [1.29, 1.82) is 0 Å². The number of ether oxygens (including phenoxy) is 1. The maximum atomic E-state index is 11.4. The average Bonchev–Trinajstić information content (AvgIpc) is 2.24. The highest BCUT2D eigenvalue weighted by Crippen LogP contribution is 2.07. The number of aromatic nitrogens is 1. The molecule has 0 amide bonds. The first-order valence-electron chi connectivity index (χ1n) is 6.21. The average molecular weight is 250 g/mol. The maximum Gasteiger partial charge on any atom is 0.307 e. The fraction of sp³-hybridized carbons (Fsp3) is 0.571. The summed E-state index contributed by atoms with van der Waals surface area (Å²) < 4.78 is 5.21. The van der Waals surface area contributed by atoms with Crippen molar-refractivity contribution >= 4 is 5.97 Å². The Morgan fingerprint density at radius 1 is 1.39 bits per heavy atom. The molecule has 0 bridgehead atoms. The van der Waals surface area contributed by atoms with Gasteiger partial charge in [-0.3, -0.25) is 9.78 Å². The highest BCUT2D eigenvalue weighted by molar-refractivity contribution is 5.70. The third-order valence-electron chi connectivity index (χ3n) is 2.23. The molecule has 0 saturated heterocycles. The Morgan fingerprint density at radius 3 is 2.67 bits per heavy atom. The number of carbonyl (C=O) groups excluding carboxylic acids is 1. The lowest BCUT2D eigenvalue weighted by Crippen LogP contribution is -2.26. The fourth-order valence-corrected chi connectivity index (χ4v) is 1.42. The van der Waals surface area contributed by atoms with Crippen LogP contribution in [0.5, 0.6) is 0 Å². The monoisotopic (exact) mass is 250 g/mol. The Morgan fingerprint density at radius 2 is 2.11 bits per heavy atom. The molecule has 4 heteroatoms. The Kier molecular flexibility index (Phi) is 5.28. The minimum atomic E-state index is -0.405. The summed E-state index contributed by atoms with van der Waals surface area (Å²) in [4.78, 5) is 15.6. The second-order valence-corrected chi connectivity index (χ2v) is 5.32. The van der Waals surface area contributed by atoms with Gasteiger partial charge in [0.15, 0.2) is 0 Å². The molecule has 0 fully saturated rings. The van der Waals surface area contributed by atoms with Gasteiger partial charge in [-0.1, -0.05) is 6.07 Å². The summed E-state index contributed by atoms with van der Waals surface area (Å²) in [5.41, 5.74) is 1.72. The lowest BCUT2D eigenvalue weighted by atomic mass is 10.2. The number of hydrogen-bond acceptors (Lipinski definition) is 4. The van der Waals surface area contributed by atoms with Gasteiger partial charge in [0.1, 0.15) is 5.60 Å². The molecule has 1 rings (SSSR count). The third-order valence-corrected chi connectivity index (χ3v) is 2.23. The summed E-state index contributed by atoms with van der Waals surface area (Å²) >= 11 is 0. The first kappa shape index (κ1) is 14.6. The molecule has 0 unspecified atom stereocenters. The van der Waals surface area contributed by atoms with Gasteiger partial charge in [-0.05, 0) is 39.3 Å². The first-order chi connectivity index (χ1) is 8.37. The van der Waals surface area contributed by atoms with E-state index in [1.807, 2.05) is 46.0 Å². The van der Waals surface area contributed by atoms with Crippen LogP contribution in [0.25, 0.3) is 0 Å². The molecular formula is C14H22N2O2. The molecule has 0 aliphatic rings. The van der Waals surface area contributed by atoms with Gasteiger partial charge in [-0.15, -0.1) is 0 Å². The van der Waals surface area contributed by atoms with Gasteiger partial charge in [-0.25, -0.2) is 0 Å². The molecule has 1 N–H and O–H groups in total. The predicted molar refractivity (Wildman–Crippen MR) is 71.1 cm³/mol. The molecular weight excluding hydrogens is 228 g/mol. The number of nitrogens with one attached hydrogen (secondary N) is 1. The zero-order chi connectivity index (χ0) is 13.6. The Hall–Kier alpha value is -1.42. The number of aryl methyl sites for hydroxylation is 1. The van der Waals surface area contributed by atoms with Crippen LogP contribution in [-0.2, 0) is 16.1 Å².